The molecule has 2 fully saturated rings. The number of hydrogen-bond acceptors (Lipinski definition) is 6. The molecule has 0 radical (unpaired) electrons. The summed E-state index contributed by atoms with van der Waals surface area (Å²) in [6, 6.07) is 13.5. The van der Waals surface area contributed by atoms with Crippen molar-refractivity contribution in [2.45, 2.75) is 23.8 Å². The van der Waals surface area contributed by atoms with Crippen LogP contribution in [-0.4, -0.2) is 86.3 Å². The molecule has 3 aliphatic heterocycles. The zero-order valence-electron chi connectivity index (χ0n) is 18.8. The van der Waals surface area contributed by atoms with Gasteiger partial charge in [-0.3, -0.25) is 9.59 Å². The van der Waals surface area contributed by atoms with Gasteiger partial charge < -0.3 is 19.3 Å². The summed E-state index contributed by atoms with van der Waals surface area (Å²) in [7, 11) is -3.60. The SMILES string of the molecule is O=C(c1cccc(S(=O)(=O)N2CCCC2)c1)N1CCN(C(=O)[C@@H]2COc3ccccc3O2)CC1. The van der Waals surface area contributed by atoms with Crippen LogP contribution < -0.4 is 9.47 Å². The largest absolute Gasteiger partial charge is 0.485 e. The number of nitrogens with zero attached hydrogens (tertiary/aromatic N) is 3. The molecule has 1 atom stereocenters. The van der Waals surface area contributed by atoms with E-state index < -0.39 is 16.1 Å². The highest BCUT2D eigenvalue weighted by atomic mass is 32.2. The molecular weight excluding hydrogens is 458 g/mol. The van der Waals surface area contributed by atoms with E-state index in [1.54, 1.807) is 34.1 Å². The van der Waals surface area contributed by atoms with E-state index in [4.69, 9.17) is 9.47 Å². The average molecular weight is 486 g/mol. The van der Waals surface area contributed by atoms with Crippen molar-refractivity contribution >= 4 is 21.8 Å². The first-order valence-electron chi connectivity index (χ1n) is 11.5. The maximum atomic E-state index is 13.1. The Morgan fingerprint density at radius 3 is 2.24 bits per heavy atom. The fraction of sp³-hybridized carbons (Fsp3) is 0.417. The van der Waals surface area contributed by atoms with E-state index in [0.29, 0.717) is 56.3 Å². The lowest BCUT2D eigenvalue weighted by molar-refractivity contribution is -0.142. The molecule has 0 unspecified atom stereocenters. The summed E-state index contributed by atoms with van der Waals surface area (Å²) >= 11 is 0. The smallest absolute Gasteiger partial charge is 0.267 e. The summed E-state index contributed by atoms with van der Waals surface area (Å²) in [5.74, 6) is 0.762. The number of sulfonamides is 1. The molecule has 2 saturated heterocycles. The van der Waals surface area contributed by atoms with Crippen LogP contribution in [0.2, 0.25) is 0 Å². The summed E-state index contributed by atoms with van der Waals surface area (Å²) < 4.78 is 38.7. The first kappa shape index (κ1) is 22.7. The number of benzene rings is 2. The van der Waals surface area contributed by atoms with Gasteiger partial charge >= 0.3 is 0 Å². The molecule has 10 heteroatoms. The minimum Gasteiger partial charge on any atom is -0.485 e. The lowest BCUT2D eigenvalue weighted by Crippen LogP contribution is -2.55. The number of hydrogen-bond donors (Lipinski definition) is 0. The van der Waals surface area contributed by atoms with Gasteiger partial charge in [0.25, 0.3) is 11.8 Å². The van der Waals surface area contributed by atoms with Gasteiger partial charge in [-0.1, -0.05) is 18.2 Å². The summed E-state index contributed by atoms with van der Waals surface area (Å²) in [6.45, 7) is 2.63. The highest BCUT2D eigenvalue weighted by Crippen LogP contribution is 2.31. The number of fused-ring (bicyclic) bond motifs is 1. The minimum atomic E-state index is -3.60. The van der Waals surface area contributed by atoms with Gasteiger partial charge in [-0.05, 0) is 43.2 Å². The van der Waals surface area contributed by atoms with Crippen LogP contribution in [0.1, 0.15) is 23.2 Å². The van der Waals surface area contributed by atoms with Gasteiger partial charge in [0, 0.05) is 44.8 Å². The Kier molecular flexibility index (Phi) is 6.18. The predicted molar refractivity (Wildman–Crippen MR) is 123 cm³/mol. The van der Waals surface area contributed by atoms with E-state index in [0.717, 1.165) is 12.8 Å². The van der Waals surface area contributed by atoms with E-state index >= 15 is 0 Å². The van der Waals surface area contributed by atoms with Gasteiger partial charge in [-0.15, -0.1) is 0 Å². The fourth-order valence-electron chi connectivity index (χ4n) is 4.52. The standard InChI is InChI=1S/C24H27N3O6S/c28-23(18-6-5-7-19(16-18)34(30,31)27-10-3-4-11-27)25-12-14-26(15-13-25)24(29)22-17-32-20-8-1-2-9-21(20)33-22/h1-2,5-9,16,22H,3-4,10-15,17H2/t22-/m0/s1. The Morgan fingerprint density at radius 1 is 0.824 bits per heavy atom. The van der Waals surface area contributed by atoms with Crippen LogP contribution in [0.4, 0.5) is 0 Å². The highest BCUT2D eigenvalue weighted by molar-refractivity contribution is 7.89. The lowest BCUT2D eigenvalue weighted by atomic mass is 10.1. The second-order valence-corrected chi connectivity index (χ2v) is 10.6. The van der Waals surface area contributed by atoms with Crippen molar-refractivity contribution in [3.63, 3.8) is 0 Å². The van der Waals surface area contributed by atoms with Crippen molar-refractivity contribution in [1.29, 1.82) is 0 Å². The van der Waals surface area contributed by atoms with Crippen molar-refractivity contribution in [3.8, 4) is 11.5 Å². The van der Waals surface area contributed by atoms with Crippen LogP contribution in [0.5, 0.6) is 11.5 Å². The zero-order valence-corrected chi connectivity index (χ0v) is 19.6. The normalized spacial score (nSPS) is 20.9. The molecule has 0 aliphatic carbocycles. The van der Waals surface area contributed by atoms with E-state index in [9.17, 15) is 18.0 Å². The predicted octanol–water partition coefficient (Wildman–Crippen LogP) is 1.60. The second-order valence-electron chi connectivity index (χ2n) is 8.62. The van der Waals surface area contributed by atoms with Crippen molar-refractivity contribution in [2.24, 2.45) is 0 Å². The van der Waals surface area contributed by atoms with Gasteiger partial charge in [0.15, 0.2) is 11.5 Å². The Hall–Kier alpha value is -3.11. The van der Waals surface area contributed by atoms with E-state index in [1.807, 2.05) is 12.1 Å². The fourth-order valence-corrected chi connectivity index (χ4v) is 6.09. The molecule has 180 valence electrons. The third kappa shape index (κ3) is 4.35. The molecule has 0 aromatic heterocycles. The van der Waals surface area contributed by atoms with E-state index in [-0.39, 0.29) is 23.3 Å². The van der Waals surface area contributed by atoms with Crippen LogP contribution in [0.25, 0.3) is 0 Å². The highest BCUT2D eigenvalue weighted by Gasteiger charge is 2.34. The van der Waals surface area contributed by atoms with Crippen molar-refractivity contribution in [2.75, 3.05) is 45.9 Å². The Labute approximate surface area is 198 Å². The van der Waals surface area contributed by atoms with Crippen molar-refractivity contribution in [3.05, 3.63) is 54.1 Å². The molecule has 3 heterocycles. The zero-order chi connectivity index (χ0) is 23.7. The number of amides is 2. The van der Waals surface area contributed by atoms with E-state index in [1.165, 1.54) is 16.4 Å². The summed E-state index contributed by atoms with van der Waals surface area (Å²) in [5, 5.41) is 0. The van der Waals surface area contributed by atoms with Gasteiger partial charge in [0.2, 0.25) is 16.1 Å². The number of piperazine rings is 1. The molecule has 2 aromatic rings. The summed E-state index contributed by atoms with van der Waals surface area (Å²) in [6.07, 6.45) is 0.987. The number of carbonyl (C=O) groups is 2. The quantitative estimate of drug-likeness (QED) is 0.653. The third-order valence-electron chi connectivity index (χ3n) is 6.45. The first-order chi connectivity index (χ1) is 16.4. The van der Waals surface area contributed by atoms with Crippen LogP contribution >= 0.6 is 0 Å². The van der Waals surface area contributed by atoms with Gasteiger partial charge in [-0.25, -0.2) is 8.42 Å². The molecule has 0 spiro atoms. The maximum Gasteiger partial charge on any atom is 0.267 e. The topological polar surface area (TPSA) is 96.5 Å². The molecule has 34 heavy (non-hydrogen) atoms. The number of carbonyl (C=O) groups excluding carboxylic acids is 2. The van der Waals surface area contributed by atoms with Gasteiger partial charge in [-0.2, -0.15) is 4.31 Å². The lowest BCUT2D eigenvalue weighted by Gasteiger charge is -2.37. The molecule has 0 saturated carbocycles. The monoisotopic (exact) mass is 485 g/mol. The molecular formula is C24H27N3O6S. The Morgan fingerprint density at radius 2 is 1.50 bits per heavy atom. The molecule has 2 aromatic carbocycles. The molecule has 9 nitrogen and oxygen atoms in total. The second kappa shape index (κ2) is 9.27. The van der Waals surface area contributed by atoms with Crippen molar-refractivity contribution < 1.29 is 27.5 Å². The number of para-hydroxylation sites is 2. The molecule has 5 rings (SSSR count). The Bertz CT molecular complexity index is 1190. The maximum absolute atomic E-state index is 13.1. The molecule has 0 bridgehead atoms. The molecule has 0 N–H and O–H groups in total. The summed E-state index contributed by atoms with van der Waals surface area (Å²) in [4.78, 5) is 29.5. The van der Waals surface area contributed by atoms with Gasteiger partial charge in [0.1, 0.15) is 6.61 Å². The minimum absolute atomic E-state index is 0.142. The van der Waals surface area contributed by atoms with Crippen molar-refractivity contribution in [1.82, 2.24) is 14.1 Å². The number of rotatable bonds is 4. The summed E-state index contributed by atoms with van der Waals surface area (Å²) in [5.41, 5.74) is 0.334. The first-order valence-corrected chi connectivity index (χ1v) is 12.9. The van der Waals surface area contributed by atoms with Crippen LogP contribution in [0.3, 0.4) is 0 Å². The van der Waals surface area contributed by atoms with Crippen LogP contribution in [-0.2, 0) is 14.8 Å². The van der Waals surface area contributed by atoms with Crippen LogP contribution in [0.15, 0.2) is 53.4 Å². The number of ether oxygens (including phenoxy) is 2. The molecule has 3 aliphatic rings. The third-order valence-corrected chi connectivity index (χ3v) is 8.34. The average Bonchev–Trinajstić information content (AvgIpc) is 3.44. The van der Waals surface area contributed by atoms with Crippen LogP contribution in [0, 0.1) is 0 Å². The molecule has 2 amide bonds. The van der Waals surface area contributed by atoms with E-state index in [2.05, 4.69) is 0 Å². The van der Waals surface area contributed by atoms with Gasteiger partial charge in [0.05, 0.1) is 4.90 Å². The Balaban J connectivity index is 1.21.